The Balaban J connectivity index is 2.51. The molecule has 0 amide bonds. The fraction of sp³-hybridized carbons (Fsp3) is 0.750. The quantitative estimate of drug-likeness (QED) is 0.393. The van der Waals surface area contributed by atoms with Crippen molar-refractivity contribution in [1.82, 2.24) is 3.11 Å². The first-order valence-electron chi connectivity index (χ1n) is 3.80. The second-order valence-corrected chi connectivity index (χ2v) is 4.43. The summed E-state index contributed by atoms with van der Waals surface area (Å²) >= 11 is 2.40. The molecule has 0 atom stereocenters. The zero-order valence-corrected chi connectivity index (χ0v) is 8.76. The Bertz CT molecular complexity index is 140. The van der Waals surface area contributed by atoms with E-state index in [0.717, 1.165) is 12.5 Å². The SMILES string of the molecule is CC(C)C1=CCCN(I)C1. The molecule has 0 saturated carbocycles. The Morgan fingerprint density at radius 2 is 2.30 bits per heavy atom. The summed E-state index contributed by atoms with van der Waals surface area (Å²) in [6.07, 6.45) is 3.62. The van der Waals surface area contributed by atoms with Crippen molar-refractivity contribution in [2.45, 2.75) is 20.3 Å². The van der Waals surface area contributed by atoms with E-state index >= 15 is 0 Å². The summed E-state index contributed by atoms with van der Waals surface area (Å²) in [5, 5.41) is 0. The highest BCUT2D eigenvalue weighted by atomic mass is 127. The molecule has 58 valence electrons. The van der Waals surface area contributed by atoms with Crippen molar-refractivity contribution in [2.75, 3.05) is 13.1 Å². The molecule has 0 radical (unpaired) electrons. The van der Waals surface area contributed by atoms with Crippen LogP contribution in [-0.4, -0.2) is 16.2 Å². The lowest BCUT2D eigenvalue weighted by Gasteiger charge is -2.23. The summed E-state index contributed by atoms with van der Waals surface area (Å²) in [5.41, 5.74) is 1.60. The van der Waals surface area contributed by atoms with E-state index < -0.39 is 0 Å². The molecule has 0 aromatic heterocycles. The highest BCUT2D eigenvalue weighted by Gasteiger charge is 2.11. The summed E-state index contributed by atoms with van der Waals surface area (Å²) in [4.78, 5) is 0. The number of hydrogen-bond acceptors (Lipinski definition) is 1. The maximum absolute atomic E-state index is 2.40. The van der Waals surface area contributed by atoms with E-state index in [1.54, 1.807) is 5.57 Å². The molecule has 0 N–H and O–H groups in total. The normalized spacial score (nSPS) is 21.4. The van der Waals surface area contributed by atoms with Crippen molar-refractivity contribution in [3.8, 4) is 0 Å². The summed E-state index contributed by atoms with van der Waals surface area (Å²) in [7, 11) is 0. The van der Waals surface area contributed by atoms with Gasteiger partial charge in [-0.3, -0.25) is 0 Å². The predicted octanol–water partition coefficient (Wildman–Crippen LogP) is 2.62. The van der Waals surface area contributed by atoms with E-state index in [4.69, 9.17) is 0 Å². The molecule has 0 saturated heterocycles. The van der Waals surface area contributed by atoms with Gasteiger partial charge in [-0.25, -0.2) is 3.11 Å². The molecular formula is C8H14IN. The second-order valence-electron chi connectivity index (χ2n) is 3.07. The van der Waals surface area contributed by atoms with Gasteiger partial charge in [-0.15, -0.1) is 0 Å². The van der Waals surface area contributed by atoms with Crippen LogP contribution in [0.25, 0.3) is 0 Å². The molecule has 10 heavy (non-hydrogen) atoms. The molecule has 0 bridgehead atoms. The van der Waals surface area contributed by atoms with Crippen LogP contribution in [0.15, 0.2) is 11.6 Å². The zero-order valence-electron chi connectivity index (χ0n) is 6.60. The van der Waals surface area contributed by atoms with Crippen LogP contribution in [0.4, 0.5) is 0 Å². The summed E-state index contributed by atoms with van der Waals surface area (Å²) in [5.74, 6) is 0.734. The van der Waals surface area contributed by atoms with Gasteiger partial charge in [0.25, 0.3) is 0 Å². The molecule has 0 aromatic rings. The van der Waals surface area contributed by atoms with E-state index in [-0.39, 0.29) is 0 Å². The van der Waals surface area contributed by atoms with Crippen LogP contribution in [-0.2, 0) is 0 Å². The minimum Gasteiger partial charge on any atom is -0.243 e. The van der Waals surface area contributed by atoms with E-state index in [0.29, 0.717) is 0 Å². The molecule has 0 unspecified atom stereocenters. The van der Waals surface area contributed by atoms with Gasteiger partial charge in [-0.1, -0.05) is 25.5 Å². The molecule has 1 aliphatic heterocycles. The molecule has 1 heterocycles. The average molecular weight is 251 g/mol. The van der Waals surface area contributed by atoms with Crippen molar-refractivity contribution in [1.29, 1.82) is 0 Å². The molecule has 0 spiro atoms. The lowest BCUT2D eigenvalue weighted by atomic mass is 10.0. The maximum atomic E-state index is 2.40. The van der Waals surface area contributed by atoms with Crippen molar-refractivity contribution < 1.29 is 0 Å². The first-order valence-corrected chi connectivity index (χ1v) is 4.76. The number of nitrogens with zero attached hydrogens (tertiary/aromatic N) is 1. The lowest BCUT2D eigenvalue weighted by molar-refractivity contribution is 0.501. The Morgan fingerprint density at radius 3 is 2.70 bits per heavy atom. The number of halogens is 1. The van der Waals surface area contributed by atoms with Crippen LogP contribution in [0.2, 0.25) is 0 Å². The third-order valence-electron chi connectivity index (χ3n) is 1.87. The molecule has 2 heteroatoms. The second kappa shape index (κ2) is 3.72. The zero-order chi connectivity index (χ0) is 7.56. The van der Waals surface area contributed by atoms with Crippen molar-refractivity contribution in [3.63, 3.8) is 0 Å². The van der Waals surface area contributed by atoms with Gasteiger partial charge in [-0.05, 0) is 12.3 Å². The monoisotopic (exact) mass is 251 g/mol. The summed E-state index contributed by atoms with van der Waals surface area (Å²) in [6.45, 7) is 6.91. The third-order valence-corrected chi connectivity index (χ3v) is 2.70. The molecular weight excluding hydrogens is 237 g/mol. The van der Waals surface area contributed by atoms with Gasteiger partial charge in [0.1, 0.15) is 0 Å². The first kappa shape index (κ1) is 8.53. The summed E-state index contributed by atoms with van der Waals surface area (Å²) < 4.78 is 2.35. The number of hydrogen-bond donors (Lipinski definition) is 0. The lowest BCUT2D eigenvalue weighted by Crippen LogP contribution is -2.22. The Labute approximate surface area is 77.0 Å². The molecule has 0 aliphatic carbocycles. The molecule has 1 rings (SSSR count). The van der Waals surface area contributed by atoms with Crippen LogP contribution < -0.4 is 0 Å². The Kier molecular flexibility index (Phi) is 3.17. The highest BCUT2D eigenvalue weighted by Crippen LogP contribution is 2.19. The smallest absolute Gasteiger partial charge is 0.0294 e. The van der Waals surface area contributed by atoms with Gasteiger partial charge in [-0.2, -0.15) is 0 Å². The van der Waals surface area contributed by atoms with E-state index in [1.165, 1.54) is 13.0 Å². The van der Waals surface area contributed by atoms with Gasteiger partial charge in [0.05, 0.1) is 0 Å². The van der Waals surface area contributed by atoms with Crippen molar-refractivity contribution in [2.24, 2.45) is 5.92 Å². The van der Waals surface area contributed by atoms with Crippen LogP contribution in [0.3, 0.4) is 0 Å². The van der Waals surface area contributed by atoms with E-state index in [9.17, 15) is 0 Å². The maximum Gasteiger partial charge on any atom is 0.0294 e. The largest absolute Gasteiger partial charge is 0.243 e. The summed E-state index contributed by atoms with van der Waals surface area (Å²) in [6, 6.07) is 0. The minimum absolute atomic E-state index is 0.734. The Morgan fingerprint density at radius 1 is 1.60 bits per heavy atom. The van der Waals surface area contributed by atoms with Crippen LogP contribution in [0, 0.1) is 5.92 Å². The molecule has 1 aliphatic rings. The average Bonchev–Trinajstić information content (AvgIpc) is 1.88. The number of rotatable bonds is 1. The van der Waals surface area contributed by atoms with Gasteiger partial charge >= 0.3 is 0 Å². The molecule has 1 nitrogen and oxygen atoms in total. The van der Waals surface area contributed by atoms with Crippen molar-refractivity contribution in [3.05, 3.63) is 11.6 Å². The minimum atomic E-state index is 0.734. The van der Waals surface area contributed by atoms with Crippen LogP contribution >= 0.6 is 22.9 Å². The topological polar surface area (TPSA) is 3.24 Å². The van der Waals surface area contributed by atoms with Gasteiger partial charge in [0.15, 0.2) is 0 Å². The first-order chi connectivity index (χ1) is 4.70. The fourth-order valence-electron chi connectivity index (χ4n) is 1.15. The predicted molar refractivity (Wildman–Crippen MR) is 53.1 cm³/mol. The molecule has 0 aromatic carbocycles. The highest BCUT2D eigenvalue weighted by molar-refractivity contribution is 14.1. The third kappa shape index (κ3) is 2.23. The van der Waals surface area contributed by atoms with Crippen molar-refractivity contribution >= 4 is 22.9 Å². The van der Waals surface area contributed by atoms with Crippen LogP contribution in [0.1, 0.15) is 20.3 Å². The van der Waals surface area contributed by atoms with E-state index in [1.807, 2.05) is 0 Å². The van der Waals surface area contributed by atoms with E-state index in [2.05, 4.69) is 45.9 Å². The Hall–Kier alpha value is 0.430. The van der Waals surface area contributed by atoms with Crippen LogP contribution in [0.5, 0.6) is 0 Å². The molecule has 0 fully saturated rings. The fourth-order valence-corrected chi connectivity index (χ4v) is 1.82. The van der Waals surface area contributed by atoms with Gasteiger partial charge in [0.2, 0.25) is 0 Å². The van der Waals surface area contributed by atoms with Gasteiger partial charge in [0, 0.05) is 36.0 Å². The standard InChI is InChI=1S/C8H14IN/c1-7(2)8-4-3-5-10(9)6-8/h4,7H,3,5-6H2,1-2H3. The van der Waals surface area contributed by atoms with Gasteiger partial charge < -0.3 is 0 Å².